The van der Waals surface area contributed by atoms with Gasteiger partial charge in [-0.05, 0) is 20.3 Å². The first-order valence-corrected chi connectivity index (χ1v) is 6.37. The maximum atomic E-state index is 11.4. The molecule has 1 heterocycles. The highest BCUT2D eigenvalue weighted by Crippen LogP contribution is 2.19. The molecular weight excluding hydrogens is 222 g/mol. The van der Waals surface area contributed by atoms with Gasteiger partial charge in [0.25, 0.3) is 0 Å². The number of aromatic nitrogens is 1. The van der Waals surface area contributed by atoms with Crippen molar-refractivity contribution in [1.29, 1.82) is 0 Å². The second-order valence-corrected chi connectivity index (χ2v) is 5.00. The lowest BCUT2D eigenvalue weighted by Gasteiger charge is -2.11. The van der Waals surface area contributed by atoms with Gasteiger partial charge in [-0.15, -0.1) is 11.3 Å². The van der Waals surface area contributed by atoms with Gasteiger partial charge in [-0.25, -0.2) is 4.98 Å². The molecule has 0 saturated carbocycles. The zero-order chi connectivity index (χ0) is 12.0. The predicted molar refractivity (Wildman–Crippen MR) is 66.6 cm³/mol. The second kappa shape index (κ2) is 6.60. The van der Waals surface area contributed by atoms with Gasteiger partial charge in [0.05, 0.1) is 11.6 Å². The Kier molecular flexibility index (Phi) is 5.42. The summed E-state index contributed by atoms with van der Waals surface area (Å²) in [6.07, 6.45) is 2.83. The predicted octanol–water partition coefficient (Wildman–Crippen LogP) is 1.63. The Bertz CT molecular complexity index is 338. The van der Waals surface area contributed by atoms with Crippen LogP contribution in [0.3, 0.4) is 0 Å². The van der Waals surface area contributed by atoms with Gasteiger partial charge in [-0.3, -0.25) is 4.79 Å². The van der Waals surface area contributed by atoms with Gasteiger partial charge in [-0.2, -0.15) is 0 Å². The molecule has 0 spiro atoms. The van der Waals surface area contributed by atoms with Crippen LogP contribution in [0.2, 0.25) is 0 Å². The topological polar surface area (TPSA) is 54.0 Å². The molecule has 4 nitrogen and oxygen atoms in total. The van der Waals surface area contributed by atoms with Crippen LogP contribution in [0.1, 0.15) is 36.2 Å². The number of nitrogens with zero attached hydrogens (tertiary/aromatic N) is 1. The van der Waals surface area contributed by atoms with E-state index in [0.717, 1.165) is 18.0 Å². The lowest BCUT2D eigenvalue weighted by atomic mass is 10.3. The van der Waals surface area contributed by atoms with Gasteiger partial charge in [0.1, 0.15) is 0 Å². The summed E-state index contributed by atoms with van der Waals surface area (Å²) in [4.78, 5) is 16.7. The van der Waals surface area contributed by atoms with E-state index < -0.39 is 0 Å². The zero-order valence-electron chi connectivity index (χ0n) is 10.0. The summed E-state index contributed by atoms with van der Waals surface area (Å²) in [6, 6.07) is 0.179. The summed E-state index contributed by atoms with van der Waals surface area (Å²) >= 11 is 1.66. The molecule has 16 heavy (non-hydrogen) atoms. The molecule has 0 radical (unpaired) electrons. The molecule has 0 aliphatic heterocycles. The monoisotopic (exact) mass is 241 g/mol. The third-order valence-electron chi connectivity index (χ3n) is 2.21. The molecular formula is C11H19N3OS. The summed E-state index contributed by atoms with van der Waals surface area (Å²) in [5, 5.41) is 7.06. The number of nitrogens with one attached hydrogen (secondary N) is 2. The van der Waals surface area contributed by atoms with E-state index in [4.69, 9.17) is 0 Å². The van der Waals surface area contributed by atoms with Gasteiger partial charge in [-0.1, -0.05) is 6.92 Å². The third kappa shape index (κ3) is 4.28. The molecule has 1 rings (SSSR count). The van der Waals surface area contributed by atoms with E-state index in [1.165, 1.54) is 4.88 Å². The van der Waals surface area contributed by atoms with E-state index >= 15 is 0 Å². The maximum Gasteiger partial charge on any atom is 0.233 e. The van der Waals surface area contributed by atoms with Crippen molar-refractivity contribution in [3.63, 3.8) is 0 Å². The number of carbonyl (C=O) groups excluding carboxylic acids is 1. The molecule has 0 aromatic carbocycles. The van der Waals surface area contributed by atoms with E-state index in [1.54, 1.807) is 11.3 Å². The van der Waals surface area contributed by atoms with Gasteiger partial charge >= 0.3 is 0 Å². The van der Waals surface area contributed by atoms with Crippen LogP contribution < -0.4 is 10.6 Å². The Hall–Kier alpha value is -0.940. The number of carbonyl (C=O) groups is 1. The fourth-order valence-corrected chi connectivity index (χ4v) is 2.06. The van der Waals surface area contributed by atoms with Gasteiger partial charge in [0.15, 0.2) is 0 Å². The van der Waals surface area contributed by atoms with Crippen molar-refractivity contribution in [2.24, 2.45) is 0 Å². The molecule has 90 valence electrons. The smallest absolute Gasteiger partial charge is 0.233 e. The first-order valence-electron chi connectivity index (χ1n) is 5.56. The Balaban J connectivity index is 2.29. The third-order valence-corrected chi connectivity index (χ3v) is 3.30. The van der Waals surface area contributed by atoms with Crippen molar-refractivity contribution in [2.45, 2.75) is 33.2 Å². The highest BCUT2D eigenvalue weighted by Gasteiger charge is 2.09. The number of thiazole rings is 1. The van der Waals surface area contributed by atoms with Crippen molar-refractivity contribution < 1.29 is 4.79 Å². The SMILES string of the molecule is CCCNC(=O)CNC(C)c1cnc(C)s1. The number of hydrogen-bond acceptors (Lipinski definition) is 4. The van der Waals surface area contributed by atoms with Crippen LogP contribution in [0.25, 0.3) is 0 Å². The Morgan fingerprint density at radius 3 is 2.94 bits per heavy atom. The fraction of sp³-hybridized carbons (Fsp3) is 0.636. The molecule has 0 aliphatic carbocycles. The van der Waals surface area contributed by atoms with Gasteiger partial charge in [0.2, 0.25) is 5.91 Å². The molecule has 1 amide bonds. The molecule has 0 bridgehead atoms. The number of aryl methyl sites for hydroxylation is 1. The highest BCUT2D eigenvalue weighted by molar-refractivity contribution is 7.11. The first-order chi connectivity index (χ1) is 7.63. The minimum Gasteiger partial charge on any atom is -0.355 e. The number of amides is 1. The standard InChI is InChI=1S/C11H19N3OS/c1-4-5-12-11(15)7-13-8(2)10-6-14-9(3)16-10/h6,8,13H,4-5,7H2,1-3H3,(H,12,15). The van der Waals surface area contributed by atoms with Crippen LogP contribution in [-0.2, 0) is 4.79 Å². The largest absolute Gasteiger partial charge is 0.355 e. The van der Waals surface area contributed by atoms with Gasteiger partial charge < -0.3 is 10.6 Å². The van der Waals surface area contributed by atoms with Crippen molar-refractivity contribution in [3.05, 3.63) is 16.1 Å². The average molecular weight is 241 g/mol. The van der Waals surface area contributed by atoms with Crippen molar-refractivity contribution >= 4 is 17.2 Å². The highest BCUT2D eigenvalue weighted by atomic mass is 32.1. The summed E-state index contributed by atoms with van der Waals surface area (Å²) in [6.45, 7) is 7.16. The molecule has 0 saturated heterocycles. The summed E-state index contributed by atoms with van der Waals surface area (Å²) in [7, 11) is 0. The van der Waals surface area contributed by atoms with E-state index in [2.05, 4.69) is 15.6 Å². The minimum absolute atomic E-state index is 0.0509. The first kappa shape index (κ1) is 13.1. The normalized spacial score (nSPS) is 12.4. The lowest BCUT2D eigenvalue weighted by Crippen LogP contribution is -2.35. The van der Waals surface area contributed by atoms with E-state index in [0.29, 0.717) is 6.54 Å². The molecule has 1 aromatic rings. The average Bonchev–Trinajstić information content (AvgIpc) is 2.69. The lowest BCUT2D eigenvalue weighted by molar-refractivity contribution is -0.120. The molecule has 1 atom stereocenters. The van der Waals surface area contributed by atoms with Crippen molar-refractivity contribution in [1.82, 2.24) is 15.6 Å². The molecule has 2 N–H and O–H groups in total. The van der Waals surface area contributed by atoms with Crippen LogP contribution in [0.15, 0.2) is 6.20 Å². The van der Waals surface area contributed by atoms with Crippen molar-refractivity contribution in [3.8, 4) is 0 Å². The fourth-order valence-electron chi connectivity index (χ4n) is 1.25. The Morgan fingerprint density at radius 2 is 2.38 bits per heavy atom. The zero-order valence-corrected chi connectivity index (χ0v) is 10.9. The molecule has 5 heteroatoms. The van der Waals surface area contributed by atoms with E-state index in [-0.39, 0.29) is 11.9 Å². The van der Waals surface area contributed by atoms with E-state index in [1.807, 2.05) is 27.0 Å². The van der Waals surface area contributed by atoms with Gasteiger partial charge in [0, 0.05) is 23.7 Å². The molecule has 1 aromatic heterocycles. The minimum atomic E-state index is 0.0509. The van der Waals surface area contributed by atoms with Crippen LogP contribution in [0, 0.1) is 6.92 Å². The second-order valence-electron chi connectivity index (χ2n) is 3.73. The van der Waals surface area contributed by atoms with Crippen molar-refractivity contribution in [2.75, 3.05) is 13.1 Å². The molecule has 0 fully saturated rings. The number of rotatable bonds is 6. The quantitative estimate of drug-likeness (QED) is 0.796. The summed E-state index contributed by atoms with van der Waals surface area (Å²) in [5.74, 6) is 0.0509. The van der Waals surface area contributed by atoms with Crippen LogP contribution in [0.5, 0.6) is 0 Å². The maximum absolute atomic E-state index is 11.4. The summed E-state index contributed by atoms with van der Waals surface area (Å²) in [5.41, 5.74) is 0. The number of hydrogen-bond donors (Lipinski definition) is 2. The van der Waals surface area contributed by atoms with E-state index in [9.17, 15) is 4.79 Å². The summed E-state index contributed by atoms with van der Waals surface area (Å²) < 4.78 is 0. The van der Waals surface area contributed by atoms with Crippen LogP contribution in [0.4, 0.5) is 0 Å². The Morgan fingerprint density at radius 1 is 1.62 bits per heavy atom. The Labute approximate surface area is 100 Å². The van der Waals surface area contributed by atoms with Crippen LogP contribution in [-0.4, -0.2) is 24.0 Å². The van der Waals surface area contributed by atoms with Crippen LogP contribution >= 0.6 is 11.3 Å². The molecule has 0 aliphatic rings. The molecule has 1 unspecified atom stereocenters.